The molecule has 0 aliphatic heterocycles. The maximum atomic E-state index is 12.4. The number of fused-ring (bicyclic) bond motifs is 1. The average Bonchev–Trinajstić information content (AvgIpc) is 2.97. The van der Waals surface area contributed by atoms with Crippen LogP contribution in [0.2, 0.25) is 5.02 Å². The molecule has 7 heteroatoms. The number of benzene rings is 2. The van der Waals surface area contributed by atoms with E-state index >= 15 is 0 Å². The third kappa shape index (κ3) is 3.27. The van der Waals surface area contributed by atoms with Gasteiger partial charge < -0.3 is 9.74 Å². The molecule has 1 heterocycles. The molecule has 3 aromatic rings. The van der Waals surface area contributed by atoms with E-state index in [4.69, 9.17) is 16.4 Å². The Balaban J connectivity index is 1.73. The van der Waals surface area contributed by atoms with E-state index in [1.54, 1.807) is 23.1 Å². The molecule has 3 rings (SSSR count). The van der Waals surface area contributed by atoms with E-state index in [9.17, 15) is 4.79 Å². The molecule has 1 aromatic heterocycles. The fourth-order valence-corrected chi connectivity index (χ4v) is 2.44. The summed E-state index contributed by atoms with van der Waals surface area (Å²) in [6, 6.07) is 14.6. The predicted octanol–water partition coefficient (Wildman–Crippen LogP) is 2.57. The minimum atomic E-state index is -0.163. The van der Waals surface area contributed by atoms with Crippen LogP contribution >= 0.6 is 11.6 Å². The highest BCUT2D eigenvalue weighted by molar-refractivity contribution is 6.31. The fourth-order valence-electron chi connectivity index (χ4n) is 2.27. The maximum absolute atomic E-state index is 12.4. The van der Waals surface area contributed by atoms with E-state index in [0.717, 1.165) is 5.69 Å². The molecule has 118 valence electrons. The number of aromatic nitrogens is 3. The summed E-state index contributed by atoms with van der Waals surface area (Å²) in [7, 11) is 0. The van der Waals surface area contributed by atoms with Gasteiger partial charge in [-0.3, -0.25) is 4.79 Å². The van der Waals surface area contributed by atoms with E-state index in [2.05, 4.69) is 10.3 Å². The molecule has 0 bridgehead atoms. The molecule has 0 atom stereocenters. The van der Waals surface area contributed by atoms with Crippen molar-refractivity contribution in [1.82, 2.24) is 15.2 Å². The van der Waals surface area contributed by atoms with Gasteiger partial charge in [-0.2, -0.15) is 0 Å². The molecule has 0 saturated carbocycles. The molecular formula is C16H15ClN4O2. The first-order chi connectivity index (χ1) is 11.2. The lowest BCUT2D eigenvalue weighted by Crippen LogP contribution is -2.36. The largest absolute Gasteiger partial charge is 0.385 e. The molecular weight excluding hydrogens is 316 g/mol. The highest BCUT2D eigenvalue weighted by Crippen LogP contribution is 2.16. The molecule has 0 fully saturated rings. The number of para-hydroxylation sites is 1. The number of hydrogen-bond donors (Lipinski definition) is 0. The van der Waals surface area contributed by atoms with E-state index in [1.165, 1.54) is 4.85 Å². The van der Waals surface area contributed by atoms with Crippen molar-refractivity contribution in [2.75, 3.05) is 18.1 Å². The second-order valence-corrected chi connectivity index (χ2v) is 5.28. The number of halogens is 1. The van der Waals surface area contributed by atoms with Crippen LogP contribution in [0.1, 0.15) is 6.92 Å². The lowest BCUT2D eigenvalue weighted by atomic mass is 10.3. The zero-order valence-corrected chi connectivity index (χ0v) is 13.3. The molecule has 0 radical (unpaired) electrons. The minimum Gasteiger partial charge on any atom is -0.385 e. The molecule has 0 N–H and O–H groups in total. The number of anilines is 1. The van der Waals surface area contributed by atoms with Gasteiger partial charge in [0, 0.05) is 17.3 Å². The van der Waals surface area contributed by atoms with Crippen LogP contribution in [-0.2, 0) is 4.79 Å². The summed E-state index contributed by atoms with van der Waals surface area (Å²) in [5, 5.41) is 8.40. The second kappa shape index (κ2) is 6.66. The number of amides is 1. The standard InChI is InChI=1S/C16H15ClN4O2/c1-2-20(13-6-4-3-5-7-13)16(22)11-23-21-15-10-12(17)8-9-14(15)18-19-21/h3-10H,2,11H2,1H3. The summed E-state index contributed by atoms with van der Waals surface area (Å²) in [6.07, 6.45) is 0. The third-order valence-corrected chi connectivity index (χ3v) is 3.61. The number of likely N-dealkylation sites (N-methyl/N-ethyl adjacent to an activating group) is 1. The minimum absolute atomic E-state index is 0.145. The second-order valence-electron chi connectivity index (χ2n) is 4.84. The number of rotatable bonds is 5. The Bertz CT molecular complexity index is 819. The van der Waals surface area contributed by atoms with Crippen molar-refractivity contribution in [3.63, 3.8) is 0 Å². The summed E-state index contributed by atoms with van der Waals surface area (Å²) in [5.41, 5.74) is 2.10. The first-order valence-corrected chi connectivity index (χ1v) is 7.56. The normalized spacial score (nSPS) is 10.7. The van der Waals surface area contributed by atoms with Crippen LogP contribution in [0.15, 0.2) is 48.5 Å². The van der Waals surface area contributed by atoms with Crippen LogP contribution in [0.3, 0.4) is 0 Å². The first kappa shape index (κ1) is 15.3. The van der Waals surface area contributed by atoms with Crippen LogP contribution in [-0.4, -0.2) is 34.2 Å². The number of nitrogens with zero attached hydrogens (tertiary/aromatic N) is 4. The van der Waals surface area contributed by atoms with Gasteiger partial charge in [0.25, 0.3) is 5.91 Å². The zero-order valence-electron chi connectivity index (χ0n) is 12.5. The summed E-state index contributed by atoms with van der Waals surface area (Å²) in [5.74, 6) is -0.163. The Kier molecular flexibility index (Phi) is 4.43. The summed E-state index contributed by atoms with van der Waals surface area (Å²) in [4.78, 5) is 20.7. The van der Waals surface area contributed by atoms with Crippen LogP contribution in [0, 0.1) is 0 Å². The molecule has 23 heavy (non-hydrogen) atoms. The number of carbonyl (C=O) groups is 1. The van der Waals surface area contributed by atoms with Crippen LogP contribution in [0.25, 0.3) is 11.0 Å². The van der Waals surface area contributed by atoms with Gasteiger partial charge in [-0.1, -0.05) is 34.6 Å². The van der Waals surface area contributed by atoms with E-state index in [-0.39, 0.29) is 12.5 Å². The molecule has 0 aliphatic rings. The first-order valence-electron chi connectivity index (χ1n) is 7.18. The van der Waals surface area contributed by atoms with Gasteiger partial charge >= 0.3 is 0 Å². The van der Waals surface area contributed by atoms with Crippen LogP contribution in [0.4, 0.5) is 5.69 Å². The molecule has 1 amide bonds. The maximum Gasteiger partial charge on any atom is 0.267 e. The molecule has 0 saturated heterocycles. The van der Waals surface area contributed by atoms with Gasteiger partial charge in [-0.05, 0) is 42.5 Å². The number of hydrogen-bond acceptors (Lipinski definition) is 4. The van der Waals surface area contributed by atoms with Crippen molar-refractivity contribution in [3.05, 3.63) is 53.6 Å². The predicted molar refractivity (Wildman–Crippen MR) is 88.5 cm³/mol. The fraction of sp³-hybridized carbons (Fsp3) is 0.188. The van der Waals surface area contributed by atoms with Gasteiger partial charge in [0.1, 0.15) is 11.0 Å². The molecule has 6 nitrogen and oxygen atoms in total. The van der Waals surface area contributed by atoms with Gasteiger partial charge in [-0.15, -0.1) is 5.10 Å². The van der Waals surface area contributed by atoms with Gasteiger partial charge in [0.2, 0.25) is 0 Å². The quantitative estimate of drug-likeness (QED) is 0.721. The average molecular weight is 331 g/mol. The van der Waals surface area contributed by atoms with Crippen LogP contribution in [0.5, 0.6) is 0 Å². The smallest absolute Gasteiger partial charge is 0.267 e. The van der Waals surface area contributed by atoms with Gasteiger partial charge in [-0.25, -0.2) is 0 Å². The Morgan fingerprint density at radius 3 is 2.78 bits per heavy atom. The van der Waals surface area contributed by atoms with Crippen LogP contribution < -0.4 is 9.74 Å². The summed E-state index contributed by atoms with van der Waals surface area (Å²) < 4.78 is 0. The molecule has 0 spiro atoms. The lowest BCUT2D eigenvalue weighted by Gasteiger charge is -2.20. The summed E-state index contributed by atoms with van der Waals surface area (Å²) >= 11 is 5.96. The Morgan fingerprint density at radius 1 is 1.26 bits per heavy atom. The van der Waals surface area contributed by atoms with Crippen molar-refractivity contribution in [2.45, 2.75) is 6.92 Å². The monoisotopic (exact) mass is 330 g/mol. The summed E-state index contributed by atoms with van der Waals surface area (Å²) in [6.45, 7) is 2.32. The van der Waals surface area contributed by atoms with Crippen molar-refractivity contribution < 1.29 is 9.63 Å². The van der Waals surface area contributed by atoms with E-state index < -0.39 is 0 Å². The molecule has 2 aromatic carbocycles. The highest BCUT2D eigenvalue weighted by Gasteiger charge is 2.15. The zero-order chi connectivity index (χ0) is 16.2. The van der Waals surface area contributed by atoms with Gasteiger partial charge in [0.15, 0.2) is 6.61 Å². The van der Waals surface area contributed by atoms with Crippen molar-refractivity contribution in [1.29, 1.82) is 0 Å². The third-order valence-electron chi connectivity index (χ3n) is 3.37. The Labute approximate surface area is 138 Å². The molecule has 0 aliphatic carbocycles. The lowest BCUT2D eigenvalue weighted by molar-refractivity contribution is -0.123. The Hall–Kier alpha value is -2.60. The van der Waals surface area contributed by atoms with Crippen molar-refractivity contribution in [3.8, 4) is 0 Å². The topological polar surface area (TPSA) is 60.2 Å². The van der Waals surface area contributed by atoms with Crippen molar-refractivity contribution in [2.24, 2.45) is 0 Å². The highest BCUT2D eigenvalue weighted by atomic mass is 35.5. The van der Waals surface area contributed by atoms with E-state index in [1.807, 2.05) is 37.3 Å². The molecule has 0 unspecified atom stereocenters. The Morgan fingerprint density at radius 2 is 2.04 bits per heavy atom. The number of carbonyl (C=O) groups excluding carboxylic acids is 1. The SMILES string of the molecule is CCN(C(=O)COn1nnc2ccc(Cl)cc21)c1ccccc1. The van der Waals surface area contributed by atoms with Crippen molar-refractivity contribution >= 4 is 34.2 Å². The van der Waals surface area contributed by atoms with E-state index in [0.29, 0.717) is 22.6 Å². The van der Waals surface area contributed by atoms with Gasteiger partial charge in [0.05, 0.1) is 0 Å².